The van der Waals surface area contributed by atoms with Crippen LogP contribution in [0.3, 0.4) is 0 Å². The molecule has 0 aliphatic heterocycles. The first kappa shape index (κ1) is 13.5. The molecule has 2 rings (SSSR count). The lowest BCUT2D eigenvalue weighted by Gasteiger charge is -2.14. The van der Waals surface area contributed by atoms with E-state index in [0.717, 1.165) is 16.0 Å². The summed E-state index contributed by atoms with van der Waals surface area (Å²) in [6, 6.07) is 10.3. The van der Waals surface area contributed by atoms with Gasteiger partial charge in [0.2, 0.25) is 0 Å². The summed E-state index contributed by atoms with van der Waals surface area (Å²) >= 11 is 9.40. The van der Waals surface area contributed by atoms with Crippen LogP contribution in [0.5, 0.6) is 0 Å². The fourth-order valence-electron chi connectivity index (χ4n) is 1.69. The predicted octanol–water partition coefficient (Wildman–Crippen LogP) is 4.35. The van der Waals surface area contributed by atoms with Crippen molar-refractivity contribution in [2.24, 2.45) is 0 Å². The second-order valence-corrected chi connectivity index (χ2v) is 5.39. The van der Waals surface area contributed by atoms with Crippen molar-refractivity contribution in [1.29, 1.82) is 0 Å². The number of halogens is 2. The molecule has 0 radical (unpaired) electrons. The third-order valence-corrected chi connectivity index (χ3v) is 4.02. The standard InChI is InChI=1S/C14H14BrClN2/c1-10(12-4-6-17-7-5-12)18-9-11-2-3-14(16)13(15)8-11/h2-8,10,18H,9H2,1H3/t10-/m0/s1. The SMILES string of the molecule is C[C@H](NCc1ccc(Cl)c(Br)c1)c1ccncc1. The van der Waals surface area contributed by atoms with Crippen molar-refractivity contribution in [3.05, 3.63) is 63.3 Å². The van der Waals surface area contributed by atoms with Crippen molar-refractivity contribution in [3.63, 3.8) is 0 Å². The van der Waals surface area contributed by atoms with Crippen molar-refractivity contribution in [2.75, 3.05) is 0 Å². The van der Waals surface area contributed by atoms with E-state index in [1.807, 2.05) is 42.7 Å². The van der Waals surface area contributed by atoms with E-state index >= 15 is 0 Å². The first-order valence-electron chi connectivity index (χ1n) is 5.74. The molecular weight excluding hydrogens is 312 g/mol. The zero-order chi connectivity index (χ0) is 13.0. The molecule has 4 heteroatoms. The number of rotatable bonds is 4. The molecule has 0 saturated heterocycles. The van der Waals surface area contributed by atoms with E-state index in [9.17, 15) is 0 Å². The van der Waals surface area contributed by atoms with Gasteiger partial charge in [-0.1, -0.05) is 17.7 Å². The Balaban J connectivity index is 1.97. The molecule has 0 amide bonds. The van der Waals surface area contributed by atoms with Gasteiger partial charge < -0.3 is 5.32 Å². The van der Waals surface area contributed by atoms with Crippen LogP contribution in [0.2, 0.25) is 5.02 Å². The number of nitrogens with zero attached hydrogens (tertiary/aromatic N) is 1. The van der Waals surface area contributed by atoms with Gasteiger partial charge in [0.05, 0.1) is 5.02 Å². The lowest BCUT2D eigenvalue weighted by atomic mass is 10.1. The summed E-state index contributed by atoms with van der Waals surface area (Å²) < 4.78 is 0.931. The van der Waals surface area contributed by atoms with Crippen LogP contribution in [0.25, 0.3) is 0 Å². The normalized spacial score (nSPS) is 12.4. The summed E-state index contributed by atoms with van der Waals surface area (Å²) in [5.41, 5.74) is 2.44. The van der Waals surface area contributed by atoms with Gasteiger partial charge in [-0.3, -0.25) is 4.98 Å². The van der Waals surface area contributed by atoms with Crippen molar-refractivity contribution < 1.29 is 0 Å². The maximum atomic E-state index is 5.97. The molecule has 0 saturated carbocycles. The molecule has 0 spiro atoms. The zero-order valence-electron chi connectivity index (χ0n) is 10.0. The van der Waals surface area contributed by atoms with Gasteiger partial charge in [-0.2, -0.15) is 0 Å². The Bertz CT molecular complexity index is 516. The molecular formula is C14H14BrClN2. The third kappa shape index (κ3) is 3.55. The van der Waals surface area contributed by atoms with Crippen molar-refractivity contribution in [2.45, 2.75) is 19.5 Å². The Morgan fingerprint density at radius 1 is 1.28 bits per heavy atom. The lowest BCUT2D eigenvalue weighted by Crippen LogP contribution is -2.18. The number of hydrogen-bond donors (Lipinski definition) is 1. The fraction of sp³-hybridized carbons (Fsp3) is 0.214. The van der Waals surface area contributed by atoms with Crippen LogP contribution in [0, 0.1) is 0 Å². The molecule has 1 aromatic heterocycles. The van der Waals surface area contributed by atoms with Crippen LogP contribution in [0.15, 0.2) is 47.2 Å². The number of aromatic nitrogens is 1. The molecule has 1 atom stereocenters. The molecule has 0 bridgehead atoms. The van der Waals surface area contributed by atoms with Gasteiger partial charge in [0.1, 0.15) is 0 Å². The molecule has 2 aromatic rings. The van der Waals surface area contributed by atoms with E-state index in [0.29, 0.717) is 6.04 Å². The first-order valence-corrected chi connectivity index (χ1v) is 6.91. The van der Waals surface area contributed by atoms with E-state index in [4.69, 9.17) is 11.6 Å². The number of hydrogen-bond acceptors (Lipinski definition) is 2. The van der Waals surface area contributed by atoms with Crippen molar-refractivity contribution in [3.8, 4) is 0 Å². The zero-order valence-corrected chi connectivity index (χ0v) is 12.4. The topological polar surface area (TPSA) is 24.9 Å². The van der Waals surface area contributed by atoms with Crippen LogP contribution in [0.1, 0.15) is 24.1 Å². The second-order valence-electron chi connectivity index (χ2n) is 4.13. The maximum Gasteiger partial charge on any atom is 0.0548 e. The smallest absolute Gasteiger partial charge is 0.0548 e. The average molecular weight is 326 g/mol. The van der Waals surface area contributed by atoms with Crippen molar-refractivity contribution in [1.82, 2.24) is 10.3 Å². The molecule has 94 valence electrons. The van der Waals surface area contributed by atoms with Gasteiger partial charge in [-0.15, -0.1) is 0 Å². The Morgan fingerprint density at radius 3 is 2.67 bits per heavy atom. The van der Waals surface area contributed by atoms with Crippen LogP contribution in [0.4, 0.5) is 0 Å². The Hall–Kier alpha value is -0.900. The quantitative estimate of drug-likeness (QED) is 0.904. The maximum absolute atomic E-state index is 5.97. The van der Waals surface area contributed by atoms with E-state index in [1.165, 1.54) is 11.1 Å². The highest BCUT2D eigenvalue weighted by Gasteiger charge is 2.05. The molecule has 0 aliphatic rings. The summed E-state index contributed by atoms with van der Waals surface area (Å²) in [6.45, 7) is 2.94. The van der Waals surface area contributed by atoms with E-state index in [2.05, 4.69) is 33.2 Å². The molecule has 0 unspecified atom stereocenters. The number of pyridine rings is 1. The minimum Gasteiger partial charge on any atom is -0.306 e. The van der Waals surface area contributed by atoms with Crippen LogP contribution in [-0.2, 0) is 6.54 Å². The Morgan fingerprint density at radius 2 is 2.00 bits per heavy atom. The number of nitrogens with one attached hydrogen (secondary N) is 1. The summed E-state index contributed by atoms with van der Waals surface area (Å²) in [5, 5.41) is 4.21. The number of benzene rings is 1. The van der Waals surface area contributed by atoms with Gasteiger partial charge in [0.15, 0.2) is 0 Å². The monoisotopic (exact) mass is 324 g/mol. The van der Waals surface area contributed by atoms with Gasteiger partial charge >= 0.3 is 0 Å². The average Bonchev–Trinajstić information content (AvgIpc) is 2.41. The van der Waals surface area contributed by atoms with Gasteiger partial charge in [0.25, 0.3) is 0 Å². The minimum atomic E-state index is 0.294. The molecule has 1 heterocycles. The van der Waals surface area contributed by atoms with E-state index in [1.54, 1.807) is 0 Å². The van der Waals surface area contributed by atoms with Gasteiger partial charge in [0, 0.05) is 29.5 Å². The first-order chi connectivity index (χ1) is 8.66. The van der Waals surface area contributed by atoms with Gasteiger partial charge in [-0.05, 0) is 58.2 Å². The molecule has 2 nitrogen and oxygen atoms in total. The minimum absolute atomic E-state index is 0.294. The molecule has 0 fully saturated rings. The summed E-state index contributed by atoms with van der Waals surface area (Å²) in [5.74, 6) is 0. The summed E-state index contributed by atoms with van der Waals surface area (Å²) in [6.07, 6.45) is 3.62. The highest BCUT2D eigenvalue weighted by molar-refractivity contribution is 9.10. The molecule has 1 aromatic carbocycles. The lowest BCUT2D eigenvalue weighted by molar-refractivity contribution is 0.574. The predicted molar refractivity (Wildman–Crippen MR) is 78.6 cm³/mol. The second kappa shape index (κ2) is 6.32. The van der Waals surface area contributed by atoms with Gasteiger partial charge in [-0.25, -0.2) is 0 Å². The fourth-order valence-corrected chi connectivity index (χ4v) is 2.23. The Labute approximate surface area is 121 Å². The van der Waals surface area contributed by atoms with Crippen LogP contribution < -0.4 is 5.32 Å². The molecule has 18 heavy (non-hydrogen) atoms. The van der Waals surface area contributed by atoms with E-state index < -0.39 is 0 Å². The van der Waals surface area contributed by atoms with E-state index in [-0.39, 0.29) is 0 Å². The molecule has 1 N–H and O–H groups in total. The third-order valence-electron chi connectivity index (χ3n) is 2.80. The molecule has 0 aliphatic carbocycles. The van der Waals surface area contributed by atoms with Crippen LogP contribution >= 0.6 is 27.5 Å². The summed E-state index contributed by atoms with van der Waals surface area (Å²) in [4.78, 5) is 4.02. The largest absolute Gasteiger partial charge is 0.306 e. The Kier molecular flexibility index (Phi) is 4.75. The highest BCUT2D eigenvalue weighted by atomic mass is 79.9. The highest BCUT2D eigenvalue weighted by Crippen LogP contribution is 2.23. The summed E-state index contributed by atoms with van der Waals surface area (Å²) in [7, 11) is 0. The van der Waals surface area contributed by atoms with Crippen molar-refractivity contribution >= 4 is 27.5 Å². The van der Waals surface area contributed by atoms with Crippen LogP contribution in [-0.4, -0.2) is 4.98 Å².